The monoisotopic (exact) mass is 283 g/mol. The van der Waals surface area contributed by atoms with Crippen LogP contribution >= 0.6 is 11.6 Å². The van der Waals surface area contributed by atoms with Crippen molar-refractivity contribution in [2.24, 2.45) is 0 Å². The van der Waals surface area contributed by atoms with Crippen LogP contribution in [0.3, 0.4) is 0 Å². The number of alkyl halides is 1. The van der Waals surface area contributed by atoms with Crippen molar-refractivity contribution in [2.75, 3.05) is 33.9 Å². The molecule has 0 spiro atoms. The Morgan fingerprint density at radius 3 is 3.05 bits per heavy atom. The van der Waals surface area contributed by atoms with Crippen LogP contribution in [0.1, 0.15) is 11.1 Å². The Morgan fingerprint density at radius 1 is 1.53 bits per heavy atom. The minimum absolute atomic E-state index is 0.0287. The number of hydrogen-bond acceptors (Lipinski definition) is 3. The highest BCUT2D eigenvalue weighted by Gasteiger charge is 2.24. The molecule has 0 saturated carbocycles. The first-order valence-electron chi connectivity index (χ1n) is 6.66. The van der Waals surface area contributed by atoms with E-state index in [1.165, 1.54) is 11.1 Å². The van der Waals surface area contributed by atoms with Crippen LogP contribution in [0.4, 0.5) is 0 Å². The molecule has 2 atom stereocenters. The molecule has 0 bridgehead atoms. The highest BCUT2D eigenvalue weighted by molar-refractivity contribution is 6.20. The second-order valence-electron chi connectivity index (χ2n) is 5.33. The zero-order valence-electron chi connectivity index (χ0n) is 11.9. The number of hydrogen-bond donors (Lipinski definition) is 0. The number of halogens is 1. The third-order valence-corrected chi connectivity index (χ3v) is 3.59. The van der Waals surface area contributed by atoms with Gasteiger partial charge in [-0.3, -0.25) is 0 Å². The maximum Gasteiger partial charge on any atom is 0.123 e. The van der Waals surface area contributed by atoms with Crippen LogP contribution in [-0.2, 0) is 11.2 Å². The Balaban J connectivity index is 1.83. The maximum atomic E-state index is 6.16. The van der Waals surface area contributed by atoms with Crippen molar-refractivity contribution in [2.45, 2.75) is 24.8 Å². The van der Waals surface area contributed by atoms with Gasteiger partial charge in [0, 0.05) is 26.6 Å². The van der Waals surface area contributed by atoms with Crippen LogP contribution in [-0.4, -0.2) is 50.2 Å². The van der Waals surface area contributed by atoms with Gasteiger partial charge in [0.2, 0.25) is 0 Å². The summed E-state index contributed by atoms with van der Waals surface area (Å²) in [5.41, 5.74) is 2.61. The molecule has 19 heavy (non-hydrogen) atoms. The predicted molar refractivity (Wildman–Crippen MR) is 78.3 cm³/mol. The summed E-state index contributed by atoms with van der Waals surface area (Å²) < 4.78 is 11.0. The third-order valence-electron chi connectivity index (χ3n) is 3.33. The van der Waals surface area contributed by atoms with E-state index in [0.717, 1.165) is 25.3 Å². The van der Waals surface area contributed by atoms with Gasteiger partial charge in [-0.25, -0.2) is 0 Å². The summed E-state index contributed by atoms with van der Waals surface area (Å²) in [4.78, 5) is 2.21. The average molecular weight is 284 g/mol. The van der Waals surface area contributed by atoms with Crippen LogP contribution in [0.15, 0.2) is 18.2 Å². The van der Waals surface area contributed by atoms with Crippen LogP contribution in [0.5, 0.6) is 5.75 Å². The topological polar surface area (TPSA) is 21.7 Å². The first-order chi connectivity index (χ1) is 9.08. The van der Waals surface area contributed by atoms with Crippen molar-refractivity contribution in [1.82, 2.24) is 4.90 Å². The van der Waals surface area contributed by atoms with E-state index in [-0.39, 0.29) is 11.5 Å². The number of methoxy groups -OCH3 is 1. The number of fused-ring (bicyclic) bond motifs is 1. The van der Waals surface area contributed by atoms with Gasteiger partial charge in [0.1, 0.15) is 11.9 Å². The Kier molecular flexibility index (Phi) is 5.08. The van der Waals surface area contributed by atoms with Crippen molar-refractivity contribution in [3.8, 4) is 5.75 Å². The van der Waals surface area contributed by atoms with Crippen molar-refractivity contribution in [3.63, 3.8) is 0 Å². The summed E-state index contributed by atoms with van der Waals surface area (Å²) in [5, 5.41) is 0.0287. The molecular formula is C15H22ClNO2. The molecule has 3 nitrogen and oxygen atoms in total. The van der Waals surface area contributed by atoms with Gasteiger partial charge >= 0.3 is 0 Å². The standard InChI is InChI=1S/C15H22ClNO2/c1-11-4-5-15-12(6-11)7-14(19-15)9-17(2)8-13(16)10-18-3/h4-6,13-14H,7-10H2,1-3H3. The van der Waals surface area contributed by atoms with E-state index in [9.17, 15) is 0 Å². The van der Waals surface area contributed by atoms with Gasteiger partial charge in [0.05, 0.1) is 12.0 Å². The number of nitrogens with zero attached hydrogens (tertiary/aromatic N) is 1. The summed E-state index contributed by atoms with van der Waals surface area (Å²) in [6, 6.07) is 6.38. The average Bonchev–Trinajstić information content (AvgIpc) is 2.70. The van der Waals surface area contributed by atoms with Crippen LogP contribution in [0, 0.1) is 6.92 Å². The first kappa shape index (κ1) is 14.6. The van der Waals surface area contributed by atoms with Crippen LogP contribution in [0.25, 0.3) is 0 Å². The molecule has 1 aromatic carbocycles. The molecule has 1 aromatic rings. The molecule has 0 aromatic heterocycles. The van der Waals surface area contributed by atoms with E-state index in [4.69, 9.17) is 21.1 Å². The van der Waals surface area contributed by atoms with E-state index in [2.05, 4.69) is 37.1 Å². The van der Waals surface area contributed by atoms with E-state index in [1.807, 2.05) is 0 Å². The summed E-state index contributed by atoms with van der Waals surface area (Å²) in [6.07, 6.45) is 1.21. The third kappa shape index (κ3) is 4.10. The van der Waals surface area contributed by atoms with Crippen molar-refractivity contribution >= 4 is 11.6 Å². The number of rotatable bonds is 6. The van der Waals surface area contributed by atoms with Crippen molar-refractivity contribution in [1.29, 1.82) is 0 Å². The lowest BCUT2D eigenvalue weighted by Gasteiger charge is -2.22. The number of benzene rings is 1. The lowest BCUT2D eigenvalue weighted by molar-refractivity contribution is 0.149. The Labute approximate surface area is 120 Å². The molecule has 0 saturated heterocycles. The summed E-state index contributed by atoms with van der Waals surface area (Å²) in [7, 11) is 3.75. The fourth-order valence-corrected chi connectivity index (χ4v) is 2.91. The summed E-state index contributed by atoms with van der Waals surface area (Å²) in [6.45, 7) is 4.39. The molecule has 1 aliphatic heterocycles. The highest BCUT2D eigenvalue weighted by atomic mass is 35.5. The number of likely N-dealkylation sites (N-methyl/N-ethyl adjacent to an activating group) is 1. The van der Waals surface area contributed by atoms with Crippen molar-refractivity contribution in [3.05, 3.63) is 29.3 Å². The first-order valence-corrected chi connectivity index (χ1v) is 7.10. The highest BCUT2D eigenvalue weighted by Crippen LogP contribution is 2.29. The Bertz CT molecular complexity index is 425. The Hall–Kier alpha value is -0.770. The molecule has 0 fully saturated rings. The molecule has 2 unspecified atom stereocenters. The number of aryl methyl sites for hydroxylation is 1. The van der Waals surface area contributed by atoms with E-state index in [1.54, 1.807) is 7.11 Å². The van der Waals surface area contributed by atoms with Gasteiger partial charge in [-0.15, -0.1) is 11.6 Å². The fourth-order valence-electron chi connectivity index (χ4n) is 2.54. The summed E-state index contributed by atoms with van der Waals surface area (Å²) >= 11 is 6.16. The van der Waals surface area contributed by atoms with Gasteiger partial charge in [0.15, 0.2) is 0 Å². The normalized spacial score (nSPS) is 19.3. The molecular weight excluding hydrogens is 262 g/mol. The number of ether oxygens (including phenoxy) is 2. The zero-order valence-corrected chi connectivity index (χ0v) is 12.6. The smallest absolute Gasteiger partial charge is 0.123 e. The van der Waals surface area contributed by atoms with Gasteiger partial charge in [-0.05, 0) is 25.6 Å². The Morgan fingerprint density at radius 2 is 2.32 bits per heavy atom. The SMILES string of the molecule is COCC(Cl)CN(C)CC1Cc2cc(C)ccc2O1. The molecule has 0 amide bonds. The van der Waals surface area contributed by atoms with Crippen LogP contribution in [0.2, 0.25) is 0 Å². The second-order valence-corrected chi connectivity index (χ2v) is 5.95. The van der Waals surface area contributed by atoms with Crippen LogP contribution < -0.4 is 4.74 Å². The molecule has 4 heteroatoms. The van der Waals surface area contributed by atoms with Gasteiger partial charge in [0.25, 0.3) is 0 Å². The molecule has 106 valence electrons. The van der Waals surface area contributed by atoms with E-state index < -0.39 is 0 Å². The van der Waals surface area contributed by atoms with Gasteiger partial charge in [-0.1, -0.05) is 17.7 Å². The molecule has 1 aliphatic rings. The zero-order chi connectivity index (χ0) is 13.8. The summed E-state index contributed by atoms with van der Waals surface area (Å²) in [5.74, 6) is 1.03. The molecule has 2 rings (SSSR count). The van der Waals surface area contributed by atoms with Gasteiger partial charge < -0.3 is 14.4 Å². The minimum atomic E-state index is 0.0287. The molecule has 1 heterocycles. The predicted octanol–water partition coefficient (Wildman–Crippen LogP) is 2.48. The maximum absolute atomic E-state index is 6.16. The van der Waals surface area contributed by atoms with E-state index in [0.29, 0.717) is 6.61 Å². The molecule has 0 radical (unpaired) electrons. The molecule has 0 aliphatic carbocycles. The minimum Gasteiger partial charge on any atom is -0.488 e. The second kappa shape index (κ2) is 6.60. The lowest BCUT2D eigenvalue weighted by atomic mass is 10.1. The van der Waals surface area contributed by atoms with Crippen molar-refractivity contribution < 1.29 is 9.47 Å². The lowest BCUT2D eigenvalue weighted by Crippen LogP contribution is -2.36. The fraction of sp³-hybridized carbons (Fsp3) is 0.600. The van der Waals surface area contributed by atoms with Gasteiger partial charge in [-0.2, -0.15) is 0 Å². The van der Waals surface area contributed by atoms with E-state index >= 15 is 0 Å². The quantitative estimate of drug-likeness (QED) is 0.749. The largest absolute Gasteiger partial charge is 0.488 e. The molecule has 0 N–H and O–H groups in total.